The number of carbonyl (C=O) groups excluding carboxylic acids is 1. The Kier molecular flexibility index (Phi) is 3.53. The summed E-state index contributed by atoms with van der Waals surface area (Å²) >= 11 is 0. The number of hydrogen-bond donors (Lipinski definition) is 1. The van der Waals surface area contributed by atoms with E-state index in [2.05, 4.69) is 5.32 Å². The van der Waals surface area contributed by atoms with Crippen molar-refractivity contribution >= 4 is 15.7 Å². The first-order chi connectivity index (χ1) is 8.80. The Morgan fingerprint density at radius 3 is 2.47 bits per heavy atom. The first-order valence-electron chi connectivity index (χ1n) is 5.45. The molecule has 1 atom stereocenters. The van der Waals surface area contributed by atoms with Gasteiger partial charge in [-0.2, -0.15) is 0 Å². The van der Waals surface area contributed by atoms with E-state index in [-0.39, 0.29) is 17.9 Å². The molecule has 1 aliphatic heterocycles. The molecule has 2 rings (SSSR count). The van der Waals surface area contributed by atoms with Gasteiger partial charge in [-0.1, -0.05) is 0 Å². The SMILES string of the molecule is O=C(NC1CCS(=O)(=O)C1)c1ccc(F)c(F)c1F. The maximum Gasteiger partial charge on any atom is 0.254 e. The molecule has 0 aromatic heterocycles. The lowest BCUT2D eigenvalue weighted by molar-refractivity contribution is 0.0936. The van der Waals surface area contributed by atoms with Crippen molar-refractivity contribution in [3.05, 3.63) is 35.1 Å². The number of nitrogens with one attached hydrogen (secondary N) is 1. The second kappa shape index (κ2) is 4.84. The van der Waals surface area contributed by atoms with Gasteiger partial charge < -0.3 is 5.32 Å². The fraction of sp³-hybridized carbons (Fsp3) is 0.364. The molecular weight excluding hydrogens is 283 g/mol. The molecule has 4 nitrogen and oxygen atoms in total. The van der Waals surface area contributed by atoms with E-state index in [4.69, 9.17) is 0 Å². The van der Waals surface area contributed by atoms with Crippen molar-refractivity contribution in [3.8, 4) is 0 Å². The van der Waals surface area contributed by atoms with Crippen molar-refractivity contribution in [2.45, 2.75) is 12.5 Å². The number of carbonyl (C=O) groups is 1. The van der Waals surface area contributed by atoms with E-state index in [0.717, 1.165) is 6.07 Å². The molecule has 1 fully saturated rings. The molecule has 8 heteroatoms. The zero-order valence-electron chi connectivity index (χ0n) is 9.62. The van der Waals surface area contributed by atoms with E-state index >= 15 is 0 Å². The second-order valence-electron chi connectivity index (χ2n) is 4.30. The van der Waals surface area contributed by atoms with Crippen molar-refractivity contribution in [1.29, 1.82) is 0 Å². The fourth-order valence-corrected chi connectivity index (χ4v) is 3.55. The normalized spacial score (nSPS) is 21.3. The zero-order chi connectivity index (χ0) is 14.2. The van der Waals surface area contributed by atoms with Gasteiger partial charge in [-0.15, -0.1) is 0 Å². The Labute approximate surface area is 107 Å². The fourth-order valence-electron chi connectivity index (χ4n) is 1.87. The molecule has 1 aromatic rings. The average molecular weight is 293 g/mol. The second-order valence-corrected chi connectivity index (χ2v) is 6.53. The lowest BCUT2D eigenvalue weighted by atomic mass is 10.1. The van der Waals surface area contributed by atoms with Gasteiger partial charge in [0.05, 0.1) is 17.1 Å². The number of hydrogen-bond acceptors (Lipinski definition) is 3. The molecule has 0 bridgehead atoms. The van der Waals surface area contributed by atoms with Crippen LogP contribution < -0.4 is 5.32 Å². The maximum absolute atomic E-state index is 13.3. The number of rotatable bonds is 2. The molecule has 1 N–H and O–H groups in total. The first kappa shape index (κ1) is 13.9. The van der Waals surface area contributed by atoms with Gasteiger partial charge >= 0.3 is 0 Å². The molecule has 0 aliphatic carbocycles. The average Bonchev–Trinajstić information content (AvgIpc) is 2.65. The number of sulfone groups is 1. The molecule has 1 aliphatic rings. The van der Waals surface area contributed by atoms with Gasteiger partial charge in [0.15, 0.2) is 27.3 Å². The highest BCUT2D eigenvalue weighted by Gasteiger charge is 2.30. The lowest BCUT2D eigenvalue weighted by Crippen LogP contribution is -2.36. The predicted octanol–water partition coefficient (Wildman–Crippen LogP) is 1.02. The van der Waals surface area contributed by atoms with Crippen LogP contribution in [0.4, 0.5) is 13.2 Å². The summed E-state index contributed by atoms with van der Waals surface area (Å²) in [5.74, 6) is -5.96. The van der Waals surface area contributed by atoms with Gasteiger partial charge in [0.2, 0.25) is 0 Å². The molecule has 1 amide bonds. The van der Waals surface area contributed by atoms with Crippen LogP contribution >= 0.6 is 0 Å². The molecule has 1 aromatic carbocycles. The van der Waals surface area contributed by atoms with Crippen molar-refractivity contribution in [2.75, 3.05) is 11.5 Å². The Morgan fingerprint density at radius 1 is 1.21 bits per heavy atom. The van der Waals surface area contributed by atoms with E-state index in [9.17, 15) is 26.4 Å². The van der Waals surface area contributed by atoms with Gasteiger partial charge in [0.1, 0.15) is 0 Å². The lowest BCUT2D eigenvalue weighted by Gasteiger charge is -2.11. The summed E-state index contributed by atoms with van der Waals surface area (Å²) in [4.78, 5) is 11.7. The summed E-state index contributed by atoms with van der Waals surface area (Å²) in [6, 6.07) is 0.815. The minimum atomic E-state index is -3.19. The molecule has 104 valence electrons. The van der Waals surface area contributed by atoms with Crippen molar-refractivity contribution in [2.24, 2.45) is 0 Å². The van der Waals surface area contributed by atoms with Gasteiger partial charge in [0.25, 0.3) is 5.91 Å². The van der Waals surface area contributed by atoms with Crippen LogP contribution in [-0.2, 0) is 9.84 Å². The molecule has 1 saturated heterocycles. The van der Waals surface area contributed by atoms with E-state index in [1.165, 1.54) is 0 Å². The molecule has 1 unspecified atom stereocenters. The summed E-state index contributed by atoms with van der Waals surface area (Å²) < 4.78 is 61.4. The van der Waals surface area contributed by atoms with Crippen LogP contribution in [0.1, 0.15) is 16.8 Å². The first-order valence-corrected chi connectivity index (χ1v) is 7.27. The molecule has 0 radical (unpaired) electrons. The van der Waals surface area contributed by atoms with Crippen LogP contribution in [-0.4, -0.2) is 31.9 Å². The third kappa shape index (κ3) is 2.89. The number of halogens is 3. The van der Waals surface area contributed by atoms with Gasteiger partial charge in [0, 0.05) is 6.04 Å². The highest BCUT2D eigenvalue weighted by Crippen LogP contribution is 2.17. The Balaban J connectivity index is 2.15. The van der Waals surface area contributed by atoms with E-state index in [0.29, 0.717) is 6.07 Å². The Morgan fingerprint density at radius 2 is 1.89 bits per heavy atom. The van der Waals surface area contributed by atoms with E-state index < -0.39 is 44.8 Å². The third-order valence-electron chi connectivity index (χ3n) is 2.85. The van der Waals surface area contributed by atoms with Crippen LogP contribution in [0.15, 0.2) is 12.1 Å². The van der Waals surface area contributed by atoms with Gasteiger partial charge in [-0.05, 0) is 18.6 Å². The minimum absolute atomic E-state index is 0.0573. The van der Waals surface area contributed by atoms with E-state index in [1.54, 1.807) is 0 Å². The molecule has 0 spiro atoms. The van der Waals surface area contributed by atoms with Crippen molar-refractivity contribution < 1.29 is 26.4 Å². The summed E-state index contributed by atoms with van der Waals surface area (Å²) in [5, 5.41) is 2.29. The minimum Gasteiger partial charge on any atom is -0.348 e. The summed E-state index contributed by atoms with van der Waals surface area (Å²) in [7, 11) is -3.19. The van der Waals surface area contributed by atoms with Crippen LogP contribution in [0, 0.1) is 17.5 Å². The van der Waals surface area contributed by atoms with Crippen LogP contribution in [0.25, 0.3) is 0 Å². The molecule has 19 heavy (non-hydrogen) atoms. The van der Waals surface area contributed by atoms with E-state index in [1.807, 2.05) is 0 Å². The van der Waals surface area contributed by atoms with Crippen LogP contribution in [0.2, 0.25) is 0 Å². The van der Waals surface area contributed by atoms with Crippen molar-refractivity contribution in [1.82, 2.24) is 5.32 Å². The predicted molar refractivity (Wildman–Crippen MR) is 60.8 cm³/mol. The highest BCUT2D eigenvalue weighted by molar-refractivity contribution is 7.91. The summed E-state index contributed by atoms with van der Waals surface area (Å²) in [6.07, 6.45) is 0.222. The molecule has 1 heterocycles. The standard InChI is InChI=1S/C11H10F3NO3S/c12-8-2-1-7(9(13)10(8)14)11(16)15-6-3-4-19(17,18)5-6/h1-2,6H,3-5H2,(H,15,16). The largest absolute Gasteiger partial charge is 0.348 e. The summed E-state index contributed by atoms with van der Waals surface area (Å²) in [6.45, 7) is 0. The topological polar surface area (TPSA) is 63.2 Å². The number of amides is 1. The van der Waals surface area contributed by atoms with Crippen molar-refractivity contribution in [3.63, 3.8) is 0 Å². The third-order valence-corrected chi connectivity index (χ3v) is 4.62. The summed E-state index contributed by atoms with van der Waals surface area (Å²) in [5.41, 5.74) is -0.650. The zero-order valence-corrected chi connectivity index (χ0v) is 10.4. The molecular formula is C11H10F3NO3S. The highest BCUT2D eigenvalue weighted by atomic mass is 32.2. The van der Waals surface area contributed by atoms with Crippen LogP contribution in [0.3, 0.4) is 0 Å². The maximum atomic E-state index is 13.3. The van der Waals surface area contributed by atoms with Gasteiger partial charge in [-0.25, -0.2) is 21.6 Å². The molecule has 0 saturated carbocycles. The Hall–Kier alpha value is -1.57. The van der Waals surface area contributed by atoms with Crippen LogP contribution in [0.5, 0.6) is 0 Å². The van der Waals surface area contributed by atoms with Gasteiger partial charge in [-0.3, -0.25) is 4.79 Å². The quantitative estimate of drug-likeness (QED) is 0.828. The smallest absolute Gasteiger partial charge is 0.254 e. The monoisotopic (exact) mass is 293 g/mol. The number of benzene rings is 1. The Bertz CT molecular complexity index is 630.